The number of ether oxygens (including phenoxy) is 4. The lowest BCUT2D eigenvalue weighted by molar-refractivity contribution is -0.142. The zero-order valence-corrected chi connectivity index (χ0v) is 22.4. The molecule has 0 saturated heterocycles. The normalized spacial score (nSPS) is 18.0. The van der Waals surface area contributed by atoms with Gasteiger partial charge in [-0.1, -0.05) is 32.9 Å². The van der Waals surface area contributed by atoms with Gasteiger partial charge < -0.3 is 18.9 Å². The molecule has 0 aliphatic carbocycles. The number of esters is 2. The Morgan fingerprint density at radius 3 is 2.42 bits per heavy atom. The minimum absolute atomic E-state index is 0.111. The van der Waals surface area contributed by atoms with Gasteiger partial charge in [0.05, 0.1) is 18.6 Å². The van der Waals surface area contributed by atoms with E-state index in [2.05, 4.69) is 0 Å². The van der Waals surface area contributed by atoms with Crippen molar-refractivity contribution in [2.45, 2.75) is 70.8 Å². The number of carbonyl (C=O) groups is 3. The van der Waals surface area contributed by atoms with Crippen LogP contribution in [0.1, 0.15) is 69.4 Å². The van der Waals surface area contributed by atoms with Crippen LogP contribution >= 0.6 is 11.6 Å². The summed E-state index contributed by atoms with van der Waals surface area (Å²) >= 11 is 6.12. The summed E-state index contributed by atoms with van der Waals surface area (Å²) in [5.41, 5.74) is 0.807. The number of rotatable bonds is 8. The summed E-state index contributed by atoms with van der Waals surface area (Å²) in [6.07, 6.45) is 0.456. The standard InChI is InChI=1S/C28H33ClO7/c1-7-33-26(32)22(29)12-18-8-10-19(11-9-18)34-16-28(6)15-23(31)20-13-25(35-17(2)30)21(27(3,4)5)14-24(20)36-28/h8-11,13-14,22H,7,12,15-16H2,1-6H3. The van der Waals surface area contributed by atoms with Gasteiger partial charge in [0.25, 0.3) is 0 Å². The van der Waals surface area contributed by atoms with Gasteiger partial charge in [-0.3, -0.25) is 14.4 Å². The molecule has 7 nitrogen and oxygen atoms in total. The molecule has 0 amide bonds. The van der Waals surface area contributed by atoms with E-state index < -0.39 is 22.9 Å². The Balaban J connectivity index is 1.72. The average molecular weight is 517 g/mol. The summed E-state index contributed by atoms with van der Waals surface area (Å²) in [4.78, 5) is 36.4. The fourth-order valence-corrected chi connectivity index (χ4v) is 4.23. The minimum Gasteiger partial charge on any atom is -0.489 e. The number of hydrogen-bond donors (Lipinski definition) is 0. The van der Waals surface area contributed by atoms with Crippen molar-refractivity contribution in [3.63, 3.8) is 0 Å². The highest BCUT2D eigenvalue weighted by atomic mass is 35.5. The molecule has 0 radical (unpaired) electrons. The maximum absolute atomic E-state index is 13.0. The molecule has 36 heavy (non-hydrogen) atoms. The first-order valence-electron chi connectivity index (χ1n) is 11.9. The van der Waals surface area contributed by atoms with Gasteiger partial charge >= 0.3 is 11.9 Å². The van der Waals surface area contributed by atoms with E-state index in [9.17, 15) is 14.4 Å². The second-order valence-corrected chi connectivity index (χ2v) is 10.7. The third kappa shape index (κ3) is 6.78. The van der Waals surface area contributed by atoms with Crippen molar-refractivity contribution in [3.8, 4) is 17.2 Å². The third-order valence-corrected chi connectivity index (χ3v) is 6.09. The lowest BCUT2D eigenvalue weighted by atomic mass is 9.83. The van der Waals surface area contributed by atoms with Crippen LogP contribution in [0.3, 0.4) is 0 Å². The van der Waals surface area contributed by atoms with Gasteiger partial charge in [0.1, 0.15) is 34.8 Å². The van der Waals surface area contributed by atoms with Crippen LogP contribution in [0.4, 0.5) is 0 Å². The van der Waals surface area contributed by atoms with Gasteiger partial charge in [0, 0.05) is 12.5 Å². The fourth-order valence-electron chi connectivity index (χ4n) is 3.99. The maximum Gasteiger partial charge on any atom is 0.324 e. The molecule has 0 aromatic heterocycles. The molecule has 2 aromatic rings. The largest absolute Gasteiger partial charge is 0.489 e. The predicted molar refractivity (Wildman–Crippen MR) is 136 cm³/mol. The molecule has 0 saturated carbocycles. The Bertz CT molecular complexity index is 1130. The molecule has 3 rings (SSSR count). The molecule has 8 heteroatoms. The summed E-state index contributed by atoms with van der Waals surface area (Å²) in [6, 6.07) is 10.6. The van der Waals surface area contributed by atoms with Crippen molar-refractivity contribution in [1.82, 2.24) is 0 Å². The van der Waals surface area contributed by atoms with E-state index in [0.717, 1.165) is 11.1 Å². The van der Waals surface area contributed by atoms with Crippen LogP contribution in [0.25, 0.3) is 0 Å². The molecule has 2 aromatic carbocycles. The Labute approximate surface area is 217 Å². The number of hydrogen-bond acceptors (Lipinski definition) is 7. The van der Waals surface area contributed by atoms with E-state index >= 15 is 0 Å². The zero-order chi connectivity index (χ0) is 26.7. The van der Waals surface area contributed by atoms with Crippen molar-refractivity contribution < 1.29 is 33.3 Å². The van der Waals surface area contributed by atoms with Crippen LogP contribution in [0.2, 0.25) is 0 Å². The Hall–Kier alpha value is -3.06. The second-order valence-electron chi connectivity index (χ2n) is 10.2. The molecular weight excluding hydrogens is 484 g/mol. The third-order valence-electron chi connectivity index (χ3n) is 5.76. The molecule has 2 atom stereocenters. The van der Waals surface area contributed by atoms with Crippen LogP contribution in [0.15, 0.2) is 36.4 Å². The molecule has 0 N–H and O–H groups in total. The molecule has 2 unspecified atom stereocenters. The lowest BCUT2D eigenvalue weighted by Crippen LogP contribution is -2.44. The van der Waals surface area contributed by atoms with Crippen molar-refractivity contribution in [2.24, 2.45) is 0 Å². The summed E-state index contributed by atoms with van der Waals surface area (Å²) in [6.45, 7) is 11.3. The summed E-state index contributed by atoms with van der Waals surface area (Å²) in [7, 11) is 0. The topological polar surface area (TPSA) is 88.1 Å². The number of Topliss-reactive ketones (excluding diaryl/α,β-unsaturated/α-hetero) is 1. The number of alkyl halides is 1. The van der Waals surface area contributed by atoms with E-state index in [0.29, 0.717) is 29.2 Å². The number of halogens is 1. The molecule has 1 aliphatic rings. The first kappa shape index (κ1) is 27.5. The number of ketones is 1. The predicted octanol–water partition coefficient (Wildman–Crippen LogP) is 5.43. The van der Waals surface area contributed by atoms with E-state index in [4.69, 9.17) is 30.5 Å². The monoisotopic (exact) mass is 516 g/mol. The molecule has 194 valence electrons. The van der Waals surface area contributed by atoms with Gasteiger partial charge in [-0.25, -0.2) is 0 Å². The van der Waals surface area contributed by atoms with E-state index in [-0.39, 0.29) is 30.8 Å². The Kier molecular flexibility index (Phi) is 8.34. The van der Waals surface area contributed by atoms with E-state index in [1.165, 1.54) is 6.92 Å². The highest BCUT2D eigenvalue weighted by Gasteiger charge is 2.39. The van der Waals surface area contributed by atoms with E-state index in [1.807, 2.05) is 39.8 Å². The average Bonchev–Trinajstić information content (AvgIpc) is 2.78. The quantitative estimate of drug-likeness (QED) is 0.263. The second kappa shape index (κ2) is 10.9. The Morgan fingerprint density at radius 2 is 1.83 bits per heavy atom. The highest BCUT2D eigenvalue weighted by Crippen LogP contribution is 2.41. The first-order valence-corrected chi connectivity index (χ1v) is 12.4. The zero-order valence-electron chi connectivity index (χ0n) is 21.6. The van der Waals surface area contributed by atoms with Crippen LogP contribution in [0.5, 0.6) is 17.2 Å². The molecule has 1 heterocycles. The van der Waals surface area contributed by atoms with Gasteiger partial charge in [0.15, 0.2) is 5.78 Å². The van der Waals surface area contributed by atoms with Crippen LogP contribution in [-0.2, 0) is 26.2 Å². The molecular formula is C28H33ClO7. The fraction of sp³-hybridized carbons (Fsp3) is 0.464. The SMILES string of the molecule is CCOC(=O)C(Cl)Cc1ccc(OCC2(C)CC(=O)c3cc(OC(C)=O)c(C(C)(C)C)cc3O2)cc1. The van der Waals surface area contributed by atoms with Crippen molar-refractivity contribution in [2.75, 3.05) is 13.2 Å². The Morgan fingerprint density at radius 1 is 1.17 bits per heavy atom. The maximum atomic E-state index is 13.0. The first-order chi connectivity index (χ1) is 16.8. The molecule has 0 spiro atoms. The van der Waals surface area contributed by atoms with Crippen LogP contribution < -0.4 is 14.2 Å². The van der Waals surface area contributed by atoms with Crippen molar-refractivity contribution in [1.29, 1.82) is 0 Å². The van der Waals surface area contributed by atoms with Gasteiger partial charge in [-0.05, 0) is 55.5 Å². The molecule has 0 fully saturated rings. The molecule has 0 bridgehead atoms. The van der Waals surface area contributed by atoms with Crippen molar-refractivity contribution >= 4 is 29.3 Å². The van der Waals surface area contributed by atoms with Crippen molar-refractivity contribution in [3.05, 3.63) is 53.1 Å². The molecule has 1 aliphatic heterocycles. The smallest absolute Gasteiger partial charge is 0.324 e. The lowest BCUT2D eigenvalue weighted by Gasteiger charge is -2.36. The van der Waals surface area contributed by atoms with Crippen LogP contribution in [-0.4, -0.2) is 41.9 Å². The highest BCUT2D eigenvalue weighted by molar-refractivity contribution is 6.30. The summed E-state index contributed by atoms with van der Waals surface area (Å²) in [5.74, 6) is 0.412. The van der Waals surface area contributed by atoms with Gasteiger partial charge in [-0.15, -0.1) is 11.6 Å². The van der Waals surface area contributed by atoms with Gasteiger partial charge in [0.2, 0.25) is 0 Å². The number of fused-ring (bicyclic) bond motifs is 1. The number of benzene rings is 2. The minimum atomic E-state index is -0.883. The summed E-state index contributed by atoms with van der Waals surface area (Å²) < 4.78 is 22.6. The number of carbonyl (C=O) groups excluding carboxylic acids is 3. The summed E-state index contributed by atoms with van der Waals surface area (Å²) in [5, 5.41) is -0.753. The van der Waals surface area contributed by atoms with Crippen LogP contribution in [0, 0.1) is 0 Å². The van der Waals surface area contributed by atoms with E-state index in [1.54, 1.807) is 31.2 Å². The van der Waals surface area contributed by atoms with Gasteiger partial charge in [-0.2, -0.15) is 0 Å².